The average Bonchev–Trinajstić information content (AvgIpc) is 3.39. The number of aryl methyl sites for hydroxylation is 4. The molecule has 0 fully saturated rings. The molecule has 0 aliphatic carbocycles. The normalized spacial score (nSPS) is 11.7. The zero-order valence-corrected chi connectivity index (χ0v) is 21.5. The second-order valence-electron chi connectivity index (χ2n) is 8.88. The molecule has 0 bridgehead atoms. The van der Waals surface area contributed by atoms with Gasteiger partial charge in [0.2, 0.25) is 0 Å². The van der Waals surface area contributed by atoms with Crippen LogP contribution >= 0.6 is 7.05 Å². The fraction of sp³-hybridized carbons (Fsp3) is 0.172. The van der Waals surface area contributed by atoms with E-state index in [-0.39, 0.29) is 5.91 Å². The number of hydrogen-bond donors (Lipinski definition) is 0. The molecule has 3 aromatic carbocycles. The summed E-state index contributed by atoms with van der Waals surface area (Å²) in [6, 6.07) is 35.9. The maximum atomic E-state index is 5.67. The molecule has 5 aromatic rings. The van der Waals surface area contributed by atoms with E-state index >= 15 is 0 Å². The van der Waals surface area contributed by atoms with E-state index in [9.17, 15) is 0 Å². The van der Waals surface area contributed by atoms with Gasteiger partial charge in [0.25, 0.3) is 0 Å². The predicted molar refractivity (Wildman–Crippen MR) is 145 cm³/mol. The van der Waals surface area contributed by atoms with Crippen molar-refractivity contribution in [2.75, 3.05) is 0 Å². The van der Waals surface area contributed by atoms with Gasteiger partial charge in [0.1, 0.15) is 0 Å². The molecule has 35 heavy (non-hydrogen) atoms. The zero-order chi connectivity index (χ0) is 24.4. The lowest BCUT2D eigenvalue weighted by Crippen LogP contribution is -2.32. The highest BCUT2D eigenvalue weighted by atomic mass is 31.2. The lowest BCUT2D eigenvalue weighted by molar-refractivity contribution is 0.458. The van der Waals surface area contributed by atoms with Crippen LogP contribution in [0.3, 0.4) is 0 Å². The van der Waals surface area contributed by atoms with Gasteiger partial charge in [-0.2, -0.15) is 10.2 Å². The third-order valence-corrected chi connectivity index (χ3v) is 10.0. The molecule has 0 radical (unpaired) electrons. The van der Waals surface area contributed by atoms with E-state index in [0.29, 0.717) is 0 Å². The maximum absolute atomic E-state index is 5.67. The molecule has 176 valence electrons. The van der Waals surface area contributed by atoms with Gasteiger partial charge < -0.3 is 0 Å². The van der Waals surface area contributed by atoms with E-state index in [0.717, 1.165) is 28.5 Å². The number of benzene rings is 3. The molecule has 0 aliphatic rings. The fourth-order valence-electron chi connectivity index (χ4n) is 4.75. The Labute approximate surface area is 207 Å². The van der Waals surface area contributed by atoms with Gasteiger partial charge >= 0.3 is 0 Å². The monoisotopic (exact) mass is 479 g/mol. The molecular formula is C29H30N5P. The first kappa shape index (κ1) is 23.1. The van der Waals surface area contributed by atoms with Crippen molar-refractivity contribution in [3.63, 3.8) is 0 Å². The van der Waals surface area contributed by atoms with Crippen LogP contribution in [0.5, 0.6) is 0 Å². The van der Waals surface area contributed by atoms with Gasteiger partial charge in [-0.1, -0.05) is 78.9 Å². The van der Waals surface area contributed by atoms with Crippen molar-refractivity contribution in [2.45, 2.75) is 33.6 Å². The Hall–Kier alpha value is -3.69. The lowest BCUT2D eigenvalue weighted by Gasteiger charge is -2.35. The maximum Gasteiger partial charge on any atom is 0.185 e. The molecule has 0 saturated carbocycles. The first-order valence-electron chi connectivity index (χ1n) is 11.8. The van der Waals surface area contributed by atoms with Crippen LogP contribution < -0.4 is 10.6 Å². The van der Waals surface area contributed by atoms with Crippen LogP contribution in [0.2, 0.25) is 0 Å². The first-order chi connectivity index (χ1) is 17.0. The Balaban J connectivity index is 1.99. The average molecular weight is 480 g/mol. The molecule has 2 heterocycles. The highest BCUT2D eigenvalue weighted by molar-refractivity contribution is 7.81. The van der Waals surface area contributed by atoms with E-state index in [1.165, 1.54) is 10.6 Å². The Morgan fingerprint density at radius 1 is 0.600 bits per heavy atom. The van der Waals surface area contributed by atoms with Crippen LogP contribution in [0, 0.1) is 27.7 Å². The molecule has 2 aromatic heterocycles. The van der Waals surface area contributed by atoms with Crippen LogP contribution in [0.25, 0.3) is 0 Å². The number of rotatable bonds is 6. The van der Waals surface area contributed by atoms with Gasteiger partial charge in [0, 0.05) is 22.0 Å². The summed E-state index contributed by atoms with van der Waals surface area (Å²) in [6.07, 6.45) is 0. The fourth-order valence-corrected chi connectivity index (χ4v) is 8.77. The third kappa shape index (κ3) is 4.28. The summed E-state index contributed by atoms with van der Waals surface area (Å²) in [5.74, 6) is -0.269. The highest BCUT2D eigenvalue weighted by Crippen LogP contribution is 2.60. The highest BCUT2D eigenvalue weighted by Gasteiger charge is 2.39. The minimum absolute atomic E-state index is 0.269. The minimum atomic E-state index is -2.58. The molecule has 0 aliphatic heterocycles. The summed E-state index contributed by atoms with van der Waals surface area (Å²) < 4.78 is 9.94. The molecule has 5 rings (SSSR count). The summed E-state index contributed by atoms with van der Waals surface area (Å²) in [7, 11) is -2.58. The number of hydrogen-bond acceptors (Lipinski definition) is 3. The van der Waals surface area contributed by atoms with Crippen LogP contribution in [-0.2, 0) is 0 Å². The molecule has 0 unspecified atom stereocenters. The summed E-state index contributed by atoms with van der Waals surface area (Å²) in [4.78, 5) is 0. The van der Waals surface area contributed by atoms with Crippen molar-refractivity contribution in [3.8, 4) is 0 Å². The van der Waals surface area contributed by atoms with Crippen LogP contribution in [0.4, 0.5) is 5.69 Å². The van der Waals surface area contributed by atoms with Crippen molar-refractivity contribution in [3.05, 3.63) is 126 Å². The molecule has 6 heteroatoms. The molecule has 0 N–H and O–H groups in total. The Bertz CT molecular complexity index is 1390. The quantitative estimate of drug-likeness (QED) is 0.261. The van der Waals surface area contributed by atoms with Crippen LogP contribution in [0.1, 0.15) is 28.7 Å². The van der Waals surface area contributed by atoms with Gasteiger partial charge in [-0.05, 0) is 52.0 Å². The van der Waals surface area contributed by atoms with Gasteiger partial charge in [-0.25, -0.2) is 9.36 Å². The second kappa shape index (κ2) is 9.52. The van der Waals surface area contributed by atoms with E-state index in [1.54, 1.807) is 0 Å². The van der Waals surface area contributed by atoms with Crippen molar-refractivity contribution < 1.29 is 0 Å². The van der Waals surface area contributed by atoms with E-state index in [4.69, 9.17) is 14.9 Å². The Kier molecular flexibility index (Phi) is 6.27. The van der Waals surface area contributed by atoms with E-state index in [1.807, 2.05) is 32.0 Å². The van der Waals surface area contributed by atoms with Crippen LogP contribution in [0.15, 0.2) is 108 Å². The van der Waals surface area contributed by atoms with Gasteiger partial charge in [0.15, 0.2) is 5.91 Å². The largest absolute Gasteiger partial charge is 0.254 e. The third-order valence-electron chi connectivity index (χ3n) is 6.19. The first-order valence-corrected chi connectivity index (χ1v) is 13.6. The Morgan fingerprint density at radius 3 is 1.37 bits per heavy atom. The van der Waals surface area contributed by atoms with Crippen molar-refractivity contribution in [2.24, 2.45) is 4.74 Å². The van der Waals surface area contributed by atoms with Crippen LogP contribution in [-0.4, -0.2) is 19.6 Å². The van der Waals surface area contributed by atoms with E-state index in [2.05, 4.69) is 108 Å². The number of aromatic nitrogens is 4. The number of nitrogens with zero attached hydrogens (tertiary/aromatic N) is 5. The molecule has 0 atom stereocenters. The SMILES string of the molecule is Cc1cc(C)n(C(n2nc(C)cc2C)P(=Nc2ccccc2)(c2ccccc2)c2ccccc2)n1. The molecule has 0 spiro atoms. The van der Waals surface area contributed by atoms with Gasteiger partial charge in [-0.15, -0.1) is 0 Å². The van der Waals surface area contributed by atoms with Gasteiger partial charge in [-0.3, -0.25) is 4.74 Å². The standard InChI is InChI=1S/C29H30N5P/c1-22-20-24(3)33(30-22)29(34-25(4)21-23(2)31-34)35(27-16-10-6-11-17-27,28-18-12-7-13-19-28)32-26-14-8-5-9-15-26/h5-21,29H,1-4H3. The predicted octanol–water partition coefficient (Wildman–Crippen LogP) is 6.50. The topological polar surface area (TPSA) is 48.0 Å². The minimum Gasteiger partial charge on any atom is -0.254 e. The van der Waals surface area contributed by atoms with Crippen molar-refractivity contribution in [1.82, 2.24) is 19.6 Å². The smallest absolute Gasteiger partial charge is 0.185 e. The summed E-state index contributed by atoms with van der Waals surface area (Å²) in [5.41, 5.74) is 5.07. The summed E-state index contributed by atoms with van der Waals surface area (Å²) in [5, 5.41) is 12.4. The van der Waals surface area contributed by atoms with E-state index < -0.39 is 7.05 Å². The molecular weight excluding hydrogens is 449 g/mol. The Morgan fingerprint density at radius 2 is 1.00 bits per heavy atom. The molecule has 0 saturated heterocycles. The summed E-state index contributed by atoms with van der Waals surface area (Å²) in [6.45, 7) is 8.32. The summed E-state index contributed by atoms with van der Waals surface area (Å²) >= 11 is 0. The van der Waals surface area contributed by atoms with Gasteiger partial charge in [0.05, 0.1) is 24.1 Å². The molecule has 0 amide bonds. The zero-order valence-electron chi connectivity index (χ0n) is 20.6. The lowest BCUT2D eigenvalue weighted by atomic mass is 10.3. The van der Waals surface area contributed by atoms with Crippen molar-refractivity contribution in [1.29, 1.82) is 0 Å². The second-order valence-corrected chi connectivity index (χ2v) is 11.9. The molecule has 5 nitrogen and oxygen atoms in total. The van der Waals surface area contributed by atoms with Crippen molar-refractivity contribution >= 4 is 23.4 Å².